The number of hydrazine groups is 1. The molecule has 1 saturated heterocycles. The zero-order valence-corrected chi connectivity index (χ0v) is 10.2. The molecular weight excluding hydrogens is 218 g/mol. The van der Waals surface area contributed by atoms with E-state index < -0.39 is 10.0 Å². The quantitative estimate of drug-likeness (QED) is 0.627. The maximum Gasteiger partial charge on any atom is 0.211 e. The second-order valence-electron chi connectivity index (χ2n) is 3.90. The van der Waals surface area contributed by atoms with Gasteiger partial charge in [0, 0.05) is 27.2 Å². The summed E-state index contributed by atoms with van der Waals surface area (Å²) < 4.78 is 29.4. The van der Waals surface area contributed by atoms with Crippen LogP contribution < -0.4 is 5.84 Å². The number of rotatable bonds is 3. The third-order valence-corrected chi connectivity index (χ3v) is 4.17. The Bertz CT molecular complexity index is 306. The second-order valence-corrected chi connectivity index (χ2v) is 5.95. The molecule has 1 fully saturated rings. The van der Waals surface area contributed by atoms with E-state index in [1.807, 2.05) is 0 Å². The van der Waals surface area contributed by atoms with E-state index in [2.05, 4.69) is 0 Å². The fourth-order valence-electron chi connectivity index (χ4n) is 1.82. The summed E-state index contributed by atoms with van der Waals surface area (Å²) in [5.74, 6) is 5.66. The van der Waals surface area contributed by atoms with Gasteiger partial charge < -0.3 is 4.74 Å². The van der Waals surface area contributed by atoms with Gasteiger partial charge in [0.05, 0.1) is 18.4 Å². The van der Waals surface area contributed by atoms with Crippen LogP contribution in [0.2, 0.25) is 0 Å². The predicted molar refractivity (Wildman–Crippen MR) is 57.6 cm³/mol. The lowest BCUT2D eigenvalue weighted by Crippen LogP contribution is -2.56. The number of piperidine rings is 1. The van der Waals surface area contributed by atoms with Crippen LogP contribution in [0.1, 0.15) is 6.42 Å². The molecule has 90 valence electrons. The minimum atomic E-state index is -3.17. The van der Waals surface area contributed by atoms with Gasteiger partial charge in [-0.2, -0.15) is 4.31 Å². The Balaban J connectivity index is 2.76. The van der Waals surface area contributed by atoms with Gasteiger partial charge in [-0.15, -0.1) is 0 Å². The lowest BCUT2D eigenvalue weighted by molar-refractivity contribution is -0.0116. The topological polar surface area (TPSA) is 75.9 Å². The molecule has 15 heavy (non-hydrogen) atoms. The van der Waals surface area contributed by atoms with E-state index in [0.29, 0.717) is 19.5 Å². The van der Waals surface area contributed by atoms with E-state index in [1.165, 1.54) is 10.6 Å². The molecule has 0 aromatic rings. The fourth-order valence-corrected chi connectivity index (χ4v) is 2.55. The third kappa shape index (κ3) is 3.12. The van der Waals surface area contributed by atoms with Gasteiger partial charge in [0.25, 0.3) is 0 Å². The lowest BCUT2D eigenvalue weighted by Gasteiger charge is -2.39. The monoisotopic (exact) mass is 237 g/mol. The largest absolute Gasteiger partial charge is 0.378 e. The van der Waals surface area contributed by atoms with E-state index >= 15 is 0 Å². The Hall–Kier alpha value is -0.210. The number of nitrogens with two attached hydrogens (primary N) is 1. The molecule has 1 aliphatic rings. The summed E-state index contributed by atoms with van der Waals surface area (Å²) in [6.45, 7) is 1.24. The van der Waals surface area contributed by atoms with Crippen molar-refractivity contribution in [3.8, 4) is 0 Å². The van der Waals surface area contributed by atoms with E-state index in [4.69, 9.17) is 10.6 Å². The van der Waals surface area contributed by atoms with Gasteiger partial charge in [-0.25, -0.2) is 13.4 Å². The Morgan fingerprint density at radius 3 is 2.60 bits per heavy atom. The molecule has 0 spiro atoms. The van der Waals surface area contributed by atoms with Crippen molar-refractivity contribution in [2.45, 2.75) is 18.6 Å². The van der Waals surface area contributed by atoms with Gasteiger partial charge in [0.15, 0.2) is 0 Å². The third-order valence-electron chi connectivity index (χ3n) is 2.85. The first-order valence-corrected chi connectivity index (χ1v) is 6.66. The maximum atomic E-state index is 11.4. The summed E-state index contributed by atoms with van der Waals surface area (Å²) in [6, 6.07) is -0.121. The van der Waals surface area contributed by atoms with Gasteiger partial charge in [0.2, 0.25) is 10.0 Å². The number of nitrogens with zero attached hydrogens (tertiary/aromatic N) is 2. The molecule has 0 aromatic carbocycles. The van der Waals surface area contributed by atoms with E-state index in [0.717, 1.165) is 0 Å². The average molecular weight is 237 g/mol. The first-order chi connectivity index (χ1) is 6.86. The Morgan fingerprint density at radius 2 is 2.13 bits per heavy atom. The van der Waals surface area contributed by atoms with Crippen molar-refractivity contribution >= 4 is 10.0 Å². The predicted octanol–water partition coefficient (Wildman–Crippen LogP) is -1.16. The minimum absolute atomic E-state index is 0.121. The van der Waals surface area contributed by atoms with Crippen molar-refractivity contribution in [3.05, 3.63) is 0 Å². The lowest BCUT2D eigenvalue weighted by atomic mass is 10.0. The number of methoxy groups -OCH3 is 1. The standard InChI is InChI=1S/C8H19N3O3S/c1-10(15(3,12)13)7-4-5-11(9)6-8(7)14-2/h7-8H,4-6,9H2,1-3H3. The van der Waals surface area contributed by atoms with Crippen LogP contribution in [0.3, 0.4) is 0 Å². The van der Waals surface area contributed by atoms with Gasteiger partial charge >= 0.3 is 0 Å². The molecule has 0 amide bonds. The van der Waals surface area contributed by atoms with Crippen molar-refractivity contribution in [1.82, 2.24) is 9.31 Å². The van der Waals surface area contributed by atoms with Crippen LogP contribution in [0, 0.1) is 0 Å². The molecule has 0 aliphatic carbocycles. The Kier molecular flexibility index (Phi) is 4.07. The molecule has 6 nitrogen and oxygen atoms in total. The second kappa shape index (κ2) is 4.75. The zero-order valence-electron chi connectivity index (χ0n) is 9.38. The smallest absolute Gasteiger partial charge is 0.211 e. The van der Waals surface area contributed by atoms with Gasteiger partial charge in [0.1, 0.15) is 0 Å². The summed E-state index contributed by atoms with van der Waals surface area (Å²) in [6.07, 6.45) is 1.73. The molecule has 0 aromatic heterocycles. The molecule has 0 saturated carbocycles. The van der Waals surface area contributed by atoms with Crippen LogP contribution >= 0.6 is 0 Å². The molecule has 2 unspecified atom stereocenters. The van der Waals surface area contributed by atoms with Crippen LogP contribution in [0.15, 0.2) is 0 Å². The minimum Gasteiger partial charge on any atom is -0.378 e. The average Bonchev–Trinajstić information content (AvgIpc) is 2.15. The van der Waals surface area contributed by atoms with E-state index in [9.17, 15) is 8.42 Å². The summed E-state index contributed by atoms with van der Waals surface area (Å²) in [5.41, 5.74) is 0. The number of ether oxygens (including phenoxy) is 1. The molecular formula is C8H19N3O3S. The molecule has 7 heteroatoms. The molecule has 1 heterocycles. The van der Waals surface area contributed by atoms with E-state index in [1.54, 1.807) is 19.2 Å². The van der Waals surface area contributed by atoms with Crippen LogP contribution in [-0.4, -0.2) is 63.4 Å². The number of hydrogen-bond donors (Lipinski definition) is 1. The van der Waals surface area contributed by atoms with Gasteiger partial charge in [-0.1, -0.05) is 0 Å². The van der Waals surface area contributed by atoms with Crippen molar-refractivity contribution in [2.75, 3.05) is 33.5 Å². The normalized spacial score (nSPS) is 29.7. The zero-order chi connectivity index (χ0) is 11.6. The fraction of sp³-hybridized carbons (Fsp3) is 1.00. The summed E-state index contributed by atoms with van der Waals surface area (Å²) in [7, 11) is -0.0111. The molecule has 2 N–H and O–H groups in total. The van der Waals surface area contributed by atoms with Crippen molar-refractivity contribution < 1.29 is 13.2 Å². The Morgan fingerprint density at radius 1 is 1.53 bits per heavy atom. The highest BCUT2D eigenvalue weighted by Crippen LogP contribution is 2.18. The van der Waals surface area contributed by atoms with Crippen LogP contribution in [-0.2, 0) is 14.8 Å². The number of sulfonamides is 1. The number of likely N-dealkylation sites (N-methyl/N-ethyl adjacent to an activating group) is 1. The summed E-state index contributed by atoms with van der Waals surface area (Å²) in [5, 5.41) is 1.65. The summed E-state index contributed by atoms with van der Waals surface area (Å²) in [4.78, 5) is 0. The molecule has 0 radical (unpaired) electrons. The van der Waals surface area contributed by atoms with Crippen LogP contribution in [0.25, 0.3) is 0 Å². The molecule has 0 bridgehead atoms. The first kappa shape index (κ1) is 12.9. The molecule has 2 atom stereocenters. The van der Waals surface area contributed by atoms with Crippen LogP contribution in [0.5, 0.6) is 0 Å². The van der Waals surface area contributed by atoms with Crippen molar-refractivity contribution in [1.29, 1.82) is 0 Å². The SMILES string of the molecule is COC1CN(N)CCC1N(C)S(C)(=O)=O. The summed E-state index contributed by atoms with van der Waals surface area (Å²) >= 11 is 0. The van der Waals surface area contributed by atoms with E-state index in [-0.39, 0.29) is 12.1 Å². The highest BCUT2D eigenvalue weighted by Gasteiger charge is 2.34. The number of hydrogen-bond acceptors (Lipinski definition) is 5. The van der Waals surface area contributed by atoms with Gasteiger partial charge in [-0.3, -0.25) is 5.84 Å². The van der Waals surface area contributed by atoms with Crippen molar-refractivity contribution in [3.63, 3.8) is 0 Å². The highest BCUT2D eigenvalue weighted by atomic mass is 32.2. The first-order valence-electron chi connectivity index (χ1n) is 4.81. The van der Waals surface area contributed by atoms with Gasteiger partial charge in [-0.05, 0) is 6.42 Å². The molecule has 1 rings (SSSR count). The Labute approximate surface area is 91.0 Å². The highest BCUT2D eigenvalue weighted by molar-refractivity contribution is 7.88. The molecule has 1 aliphatic heterocycles. The van der Waals surface area contributed by atoms with Crippen LogP contribution in [0.4, 0.5) is 0 Å². The maximum absolute atomic E-state index is 11.4. The van der Waals surface area contributed by atoms with Crippen molar-refractivity contribution in [2.24, 2.45) is 5.84 Å².